The Bertz CT molecular complexity index is 1250. The first-order valence-corrected chi connectivity index (χ1v) is 11.2. The molecule has 4 rings (SSSR count). The molecular formula is C22H17ClF2N2O3S. The van der Waals surface area contributed by atoms with E-state index in [9.17, 15) is 22.0 Å². The maximum atomic E-state index is 13.4. The molecule has 0 atom stereocenters. The van der Waals surface area contributed by atoms with Crippen LogP contribution in [0.25, 0.3) is 0 Å². The van der Waals surface area contributed by atoms with Gasteiger partial charge in [0.15, 0.2) is 0 Å². The number of carbonyl (C=O) groups excluding carboxylic acids is 1. The molecule has 1 aliphatic rings. The molecule has 0 aliphatic carbocycles. The van der Waals surface area contributed by atoms with E-state index in [4.69, 9.17) is 11.6 Å². The SMILES string of the molecule is O=C1CN(Cc2ccc(F)cc2Cl)S(=O)(=O)c2ccccc2N1Cc1ccc(F)cc1. The normalized spacial score (nSPS) is 16.1. The standard InChI is InChI=1S/C22H17ClF2N2O3S/c23-19-11-18(25)10-7-16(19)13-26-14-22(28)27(12-15-5-8-17(24)9-6-15)20-3-1-2-4-21(20)31(26,29)30/h1-11H,12-14H2. The molecule has 1 aliphatic heterocycles. The van der Waals surface area contributed by atoms with Crippen LogP contribution in [0.5, 0.6) is 0 Å². The summed E-state index contributed by atoms with van der Waals surface area (Å²) in [7, 11) is -4.05. The van der Waals surface area contributed by atoms with E-state index in [2.05, 4.69) is 0 Å². The minimum atomic E-state index is -4.05. The van der Waals surface area contributed by atoms with Crippen molar-refractivity contribution in [2.75, 3.05) is 11.4 Å². The van der Waals surface area contributed by atoms with Crippen molar-refractivity contribution in [1.82, 2.24) is 4.31 Å². The zero-order valence-electron chi connectivity index (χ0n) is 16.1. The van der Waals surface area contributed by atoms with Crippen LogP contribution >= 0.6 is 11.6 Å². The lowest BCUT2D eigenvalue weighted by molar-refractivity contribution is -0.119. The number of benzene rings is 3. The number of rotatable bonds is 4. The third-order valence-electron chi connectivity index (χ3n) is 5.00. The van der Waals surface area contributed by atoms with Crippen LogP contribution in [0.15, 0.2) is 71.6 Å². The van der Waals surface area contributed by atoms with Crippen molar-refractivity contribution >= 4 is 33.2 Å². The summed E-state index contributed by atoms with van der Waals surface area (Å²) in [6.45, 7) is -0.533. The quantitative estimate of drug-likeness (QED) is 0.579. The van der Waals surface area contributed by atoms with E-state index >= 15 is 0 Å². The summed E-state index contributed by atoms with van der Waals surface area (Å²) < 4.78 is 54.4. The van der Waals surface area contributed by atoms with Gasteiger partial charge in [0.25, 0.3) is 0 Å². The summed E-state index contributed by atoms with van der Waals surface area (Å²) in [6, 6.07) is 15.5. The Morgan fingerprint density at radius 3 is 2.29 bits per heavy atom. The predicted molar refractivity (Wildman–Crippen MR) is 113 cm³/mol. The number of anilines is 1. The first-order chi connectivity index (χ1) is 14.8. The molecule has 0 aromatic heterocycles. The average molecular weight is 463 g/mol. The Morgan fingerprint density at radius 2 is 1.58 bits per heavy atom. The van der Waals surface area contributed by atoms with Gasteiger partial charge in [-0.1, -0.05) is 41.9 Å². The lowest BCUT2D eigenvalue weighted by atomic mass is 10.2. The third-order valence-corrected chi connectivity index (χ3v) is 7.19. The molecule has 0 saturated heterocycles. The molecule has 160 valence electrons. The van der Waals surface area contributed by atoms with Gasteiger partial charge in [0.1, 0.15) is 16.5 Å². The Morgan fingerprint density at radius 1 is 0.903 bits per heavy atom. The Kier molecular flexibility index (Phi) is 5.79. The van der Waals surface area contributed by atoms with Crippen LogP contribution in [-0.2, 0) is 27.9 Å². The summed E-state index contributed by atoms with van der Waals surface area (Å²) in [4.78, 5) is 14.5. The number of para-hydroxylation sites is 1. The van der Waals surface area contributed by atoms with Gasteiger partial charge in [0, 0.05) is 11.6 Å². The van der Waals surface area contributed by atoms with Crippen molar-refractivity contribution in [2.45, 2.75) is 18.0 Å². The second-order valence-corrected chi connectivity index (χ2v) is 9.40. The first-order valence-electron chi connectivity index (χ1n) is 9.33. The van der Waals surface area contributed by atoms with E-state index in [1.54, 1.807) is 30.3 Å². The fourth-order valence-electron chi connectivity index (χ4n) is 3.42. The van der Waals surface area contributed by atoms with E-state index < -0.39 is 34.1 Å². The molecule has 0 saturated carbocycles. The molecular weight excluding hydrogens is 446 g/mol. The summed E-state index contributed by atoms with van der Waals surface area (Å²) in [5, 5.41) is 0.0725. The molecule has 3 aromatic rings. The van der Waals surface area contributed by atoms with Crippen LogP contribution in [0.4, 0.5) is 14.5 Å². The largest absolute Gasteiger partial charge is 0.305 e. The minimum Gasteiger partial charge on any atom is -0.305 e. The highest BCUT2D eigenvalue weighted by Gasteiger charge is 2.36. The summed E-state index contributed by atoms with van der Waals surface area (Å²) in [5.41, 5.74) is 1.27. The first kappa shape index (κ1) is 21.4. The molecule has 5 nitrogen and oxygen atoms in total. The lowest BCUT2D eigenvalue weighted by Gasteiger charge is -2.22. The number of hydrogen-bond acceptors (Lipinski definition) is 3. The van der Waals surface area contributed by atoms with Gasteiger partial charge < -0.3 is 4.90 Å². The second kappa shape index (κ2) is 8.37. The molecule has 0 N–H and O–H groups in total. The molecule has 31 heavy (non-hydrogen) atoms. The van der Waals surface area contributed by atoms with Gasteiger partial charge in [-0.15, -0.1) is 0 Å². The van der Waals surface area contributed by atoms with E-state index in [1.807, 2.05) is 0 Å². The Hall–Kier alpha value is -2.81. The van der Waals surface area contributed by atoms with Crippen LogP contribution in [0.3, 0.4) is 0 Å². The van der Waals surface area contributed by atoms with Gasteiger partial charge in [0.2, 0.25) is 15.9 Å². The van der Waals surface area contributed by atoms with Gasteiger partial charge in [-0.2, -0.15) is 4.31 Å². The average Bonchev–Trinajstić information content (AvgIpc) is 2.81. The second-order valence-electron chi connectivity index (χ2n) is 7.08. The third kappa shape index (κ3) is 4.32. The number of fused-ring (bicyclic) bond motifs is 1. The highest BCUT2D eigenvalue weighted by atomic mass is 35.5. The summed E-state index contributed by atoms with van der Waals surface area (Å²) >= 11 is 6.08. The molecule has 0 radical (unpaired) electrons. The van der Waals surface area contributed by atoms with Crippen molar-refractivity contribution in [1.29, 1.82) is 0 Å². The molecule has 0 spiro atoms. The highest BCUT2D eigenvalue weighted by Crippen LogP contribution is 2.33. The van der Waals surface area contributed by atoms with Crippen LogP contribution in [0.2, 0.25) is 5.02 Å². The molecule has 1 heterocycles. The summed E-state index contributed by atoms with van der Waals surface area (Å²) in [6.07, 6.45) is 0. The molecule has 3 aromatic carbocycles. The fourth-order valence-corrected chi connectivity index (χ4v) is 5.21. The predicted octanol–water partition coefficient (Wildman–Crippen LogP) is 4.36. The van der Waals surface area contributed by atoms with Gasteiger partial charge in [-0.3, -0.25) is 4.79 Å². The molecule has 0 fully saturated rings. The monoisotopic (exact) mass is 462 g/mol. The molecule has 9 heteroatoms. The molecule has 0 unspecified atom stereocenters. The van der Waals surface area contributed by atoms with Crippen LogP contribution in [0.1, 0.15) is 11.1 Å². The maximum absolute atomic E-state index is 13.4. The van der Waals surface area contributed by atoms with Gasteiger partial charge in [-0.25, -0.2) is 17.2 Å². The molecule has 0 bridgehead atoms. The lowest BCUT2D eigenvalue weighted by Crippen LogP contribution is -2.38. The summed E-state index contributed by atoms with van der Waals surface area (Å²) in [5.74, 6) is -1.40. The number of hydrogen-bond donors (Lipinski definition) is 0. The minimum absolute atomic E-state index is 0.0267. The van der Waals surface area contributed by atoms with Crippen molar-refractivity contribution in [3.63, 3.8) is 0 Å². The fraction of sp³-hybridized carbons (Fsp3) is 0.136. The van der Waals surface area contributed by atoms with E-state index in [1.165, 1.54) is 35.2 Å². The number of sulfonamides is 1. The van der Waals surface area contributed by atoms with E-state index in [0.717, 1.165) is 10.4 Å². The van der Waals surface area contributed by atoms with Crippen molar-refractivity contribution < 1.29 is 22.0 Å². The zero-order valence-corrected chi connectivity index (χ0v) is 17.7. The highest BCUT2D eigenvalue weighted by molar-refractivity contribution is 7.89. The number of carbonyl (C=O) groups is 1. The Labute approximate surface area is 183 Å². The van der Waals surface area contributed by atoms with Gasteiger partial charge >= 0.3 is 0 Å². The zero-order chi connectivity index (χ0) is 22.2. The number of nitrogens with zero attached hydrogens (tertiary/aromatic N) is 2. The van der Waals surface area contributed by atoms with Crippen molar-refractivity contribution in [3.8, 4) is 0 Å². The van der Waals surface area contributed by atoms with Gasteiger partial charge in [0.05, 0.1) is 18.8 Å². The smallest absolute Gasteiger partial charge is 0.245 e. The maximum Gasteiger partial charge on any atom is 0.245 e. The molecule has 1 amide bonds. The topological polar surface area (TPSA) is 57.7 Å². The van der Waals surface area contributed by atoms with E-state index in [0.29, 0.717) is 11.1 Å². The van der Waals surface area contributed by atoms with E-state index in [-0.39, 0.29) is 28.7 Å². The Balaban J connectivity index is 1.74. The van der Waals surface area contributed by atoms with Crippen LogP contribution in [-0.4, -0.2) is 25.2 Å². The van der Waals surface area contributed by atoms with Gasteiger partial charge in [-0.05, 0) is 47.5 Å². The number of amides is 1. The van der Waals surface area contributed by atoms with Crippen molar-refractivity contribution in [2.24, 2.45) is 0 Å². The number of halogens is 3. The van der Waals surface area contributed by atoms with Crippen LogP contribution < -0.4 is 4.90 Å². The van der Waals surface area contributed by atoms with Crippen molar-refractivity contribution in [3.05, 3.63) is 94.5 Å². The van der Waals surface area contributed by atoms with Crippen LogP contribution in [0, 0.1) is 11.6 Å².